The average molecular weight is 564 g/mol. The fraction of sp³-hybridized carbons (Fsp3) is 0.576. The molecule has 1 amide bonds. The number of aliphatic carboxylic acids is 1. The molecular weight excluding hydrogens is 518 g/mol. The lowest BCUT2D eigenvalue weighted by molar-refractivity contribution is -0.143. The Hall–Kier alpha value is -2.94. The number of unbranched alkanes of at least 4 members (excludes halogenated alkanes) is 1. The van der Waals surface area contributed by atoms with Gasteiger partial charge < -0.3 is 25.2 Å². The van der Waals surface area contributed by atoms with Crippen molar-refractivity contribution in [3.05, 3.63) is 59.2 Å². The van der Waals surface area contributed by atoms with Crippen molar-refractivity contribution >= 4 is 17.6 Å². The fourth-order valence-electron chi connectivity index (χ4n) is 6.84. The van der Waals surface area contributed by atoms with Gasteiger partial charge in [0.2, 0.25) is 5.91 Å². The van der Waals surface area contributed by atoms with Crippen LogP contribution in [0.5, 0.6) is 5.75 Å². The van der Waals surface area contributed by atoms with Gasteiger partial charge in [-0.15, -0.1) is 0 Å². The number of hydrogen-bond acceptors (Lipinski definition) is 6. The van der Waals surface area contributed by atoms with Gasteiger partial charge in [-0.1, -0.05) is 37.6 Å². The summed E-state index contributed by atoms with van der Waals surface area (Å²) in [6.45, 7) is 5.29. The molecule has 2 unspecified atom stereocenters. The van der Waals surface area contributed by atoms with Crippen molar-refractivity contribution in [2.45, 2.75) is 82.9 Å². The molecule has 0 spiro atoms. The molecule has 0 aliphatic carbocycles. The zero-order valence-corrected chi connectivity index (χ0v) is 24.3. The van der Waals surface area contributed by atoms with E-state index in [9.17, 15) is 14.7 Å². The van der Waals surface area contributed by atoms with Crippen LogP contribution in [0.4, 0.5) is 5.69 Å². The molecule has 2 saturated heterocycles. The van der Waals surface area contributed by atoms with Crippen molar-refractivity contribution in [3.63, 3.8) is 0 Å². The molecule has 0 aromatic heterocycles. The highest BCUT2D eigenvalue weighted by atomic mass is 16.5. The summed E-state index contributed by atoms with van der Waals surface area (Å²) in [6.07, 6.45) is 7.60. The standard InChI is InChI=1S/C33H45N3O5/c1-2-3-15-36(26-8-6-7-23(18-26)20-34)31(37)22-35-21-28(24-10-13-30-25(19-24)14-17-41-30)32(33(38)39)29(35)12-11-27-9-4-5-16-40-27/h6-8,10,13,18-19,27-29,32H,2-5,9,11-12,14-17,20-22,34H2,1H3,(H,38,39)/t27?,28-,29+,32?/m1/s1. The minimum atomic E-state index is -0.797. The SMILES string of the molecule is CCCCN(C(=O)CN1C[C@H](c2ccc3c(c2)CCO3)C(C(=O)O)[C@@H]1CCC1CCCCO1)c1cccc(CN)c1. The number of amides is 1. The van der Waals surface area contributed by atoms with Crippen molar-refractivity contribution in [2.75, 3.05) is 37.7 Å². The first kappa shape index (κ1) is 29.5. The lowest BCUT2D eigenvalue weighted by Gasteiger charge is -2.31. The summed E-state index contributed by atoms with van der Waals surface area (Å²) in [5.41, 5.74) is 9.89. The molecule has 3 aliphatic rings. The number of hydrogen-bond donors (Lipinski definition) is 2. The molecule has 3 heterocycles. The van der Waals surface area contributed by atoms with E-state index >= 15 is 0 Å². The second-order valence-corrected chi connectivity index (χ2v) is 11.8. The van der Waals surface area contributed by atoms with Crippen molar-refractivity contribution in [3.8, 4) is 5.75 Å². The highest BCUT2D eigenvalue weighted by Crippen LogP contribution is 2.42. The van der Waals surface area contributed by atoms with Gasteiger partial charge in [-0.2, -0.15) is 0 Å². The van der Waals surface area contributed by atoms with Crippen LogP contribution in [0.1, 0.15) is 74.5 Å². The van der Waals surface area contributed by atoms with Crippen molar-refractivity contribution in [1.82, 2.24) is 4.90 Å². The van der Waals surface area contributed by atoms with Gasteiger partial charge in [-0.25, -0.2) is 0 Å². The quantitative estimate of drug-likeness (QED) is 0.385. The maximum absolute atomic E-state index is 14.0. The molecule has 2 aromatic carbocycles. The fourth-order valence-corrected chi connectivity index (χ4v) is 6.84. The summed E-state index contributed by atoms with van der Waals surface area (Å²) < 4.78 is 11.7. The summed E-state index contributed by atoms with van der Waals surface area (Å²) in [5, 5.41) is 10.6. The van der Waals surface area contributed by atoms with Crippen LogP contribution in [0.3, 0.4) is 0 Å². The molecule has 4 atom stereocenters. The van der Waals surface area contributed by atoms with E-state index in [2.05, 4.69) is 17.9 Å². The van der Waals surface area contributed by atoms with Crippen LogP contribution in [0, 0.1) is 5.92 Å². The number of anilines is 1. The first-order chi connectivity index (χ1) is 20.0. The van der Waals surface area contributed by atoms with Gasteiger partial charge in [0.1, 0.15) is 5.75 Å². The molecule has 222 valence electrons. The number of carbonyl (C=O) groups excluding carboxylic acids is 1. The maximum Gasteiger partial charge on any atom is 0.308 e. The number of carboxylic acids is 1. The lowest BCUT2D eigenvalue weighted by Crippen LogP contribution is -2.45. The monoisotopic (exact) mass is 563 g/mol. The number of fused-ring (bicyclic) bond motifs is 1. The van der Waals surface area contributed by atoms with Crippen LogP contribution < -0.4 is 15.4 Å². The third kappa shape index (κ3) is 6.93. The highest BCUT2D eigenvalue weighted by Gasteiger charge is 2.47. The van der Waals surface area contributed by atoms with E-state index in [1.807, 2.05) is 41.3 Å². The van der Waals surface area contributed by atoms with Crippen LogP contribution in [0.25, 0.3) is 0 Å². The van der Waals surface area contributed by atoms with Crippen LogP contribution in [0.2, 0.25) is 0 Å². The number of carboxylic acid groups (broad SMARTS) is 1. The molecule has 0 radical (unpaired) electrons. The molecule has 41 heavy (non-hydrogen) atoms. The number of rotatable bonds is 12. The van der Waals surface area contributed by atoms with Gasteiger partial charge >= 0.3 is 5.97 Å². The molecule has 8 nitrogen and oxygen atoms in total. The predicted octanol–water partition coefficient (Wildman–Crippen LogP) is 4.73. The average Bonchev–Trinajstić information content (AvgIpc) is 3.61. The molecule has 3 aliphatic heterocycles. The third-order valence-corrected chi connectivity index (χ3v) is 9.07. The number of benzene rings is 2. The van der Waals surface area contributed by atoms with Crippen molar-refractivity contribution in [1.29, 1.82) is 0 Å². The molecule has 5 rings (SSSR count). The number of likely N-dealkylation sites (tertiary alicyclic amines) is 1. The first-order valence-corrected chi connectivity index (χ1v) is 15.4. The zero-order valence-electron chi connectivity index (χ0n) is 24.3. The summed E-state index contributed by atoms with van der Waals surface area (Å²) in [7, 11) is 0. The normalized spacial score (nSPS) is 24.1. The lowest BCUT2D eigenvalue weighted by atomic mass is 9.82. The molecule has 8 heteroatoms. The summed E-state index contributed by atoms with van der Waals surface area (Å²) in [6, 6.07) is 13.7. The predicted molar refractivity (Wildman–Crippen MR) is 159 cm³/mol. The van der Waals surface area contributed by atoms with Gasteiger partial charge in [0.05, 0.1) is 25.2 Å². The molecule has 2 fully saturated rings. The molecule has 2 aromatic rings. The van der Waals surface area contributed by atoms with E-state index in [1.165, 1.54) is 0 Å². The molecule has 0 bridgehead atoms. The highest BCUT2D eigenvalue weighted by molar-refractivity contribution is 5.95. The van der Waals surface area contributed by atoms with E-state index in [-0.39, 0.29) is 30.5 Å². The summed E-state index contributed by atoms with van der Waals surface area (Å²) in [4.78, 5) is 30.9. The minimum Gasteiger partial charge on any atom is -0.493 e. The van der Waals surface area contributed by atoms with E-state index < -0.39 is 11.9 Å². The Morgan fingerprint density at radius 2 is 2.00 bits per heavy atom. The van der Waals surface area contributed by atoms with E-state index in [0.29, 0.717) is 32.7 Å². The van der Waals surface area contributed by atoms with Crippen LogP contribution >= 0.6 is 0 Å². The number of nitrogens with zero attached hydrogens (tertiary/aromatic N) is 2. The van der Waals surface area contributed by atoms with E-state index in [0.717, 1.165) is 79.7 Å². The summed E-state index contributed by atoms with van der Waals surface area (Å²) in [5.74, 6) is -0.707. The second-order valence-electron chi connectivity index (χ2n) is 11.8. The van der Waals surface area contributed by atoms with E-state index in [1.54, 1.807) is 0 Å². The minimum absolute atomic E-state index is 0.00122. The van der Waals surface area contributed by atoms with E-state index in [4.69, 9.17) is 15.2 Å². The topological polar surface area (TPSA) is 105 Å². The Bertz CT molecular complexity index is 1200. The third-order valence-electron chi connectivity index (χ3n) is 9.07. The Labute approximate surface area is 243 Å². The van der Waals surface area contributed by atoms with Gasteiger partial charge in [0, 0.05) is 50.3 Å². The van der Waals surface area contributed by atoms with Gasteiger partial charge in [0.15, 0.2) is 0 Å². The Balaban J connectivity index is 1.41. The maximum atomic E-state index is 14.0. The van der Waals surface area contributed by atoms with Crippen LogP contribution in [-0.4, -0.2) is 66.9 Å². The van der Waals surface area contributed by atoms with Gasteiger partial charge in [-0.05, 0) is 73.4 Å². The largest absolute Gasteiger partial charge is 0.493 e. The summed E-state index contributed by atoms with van der Waals surface area (Å²) >= 11 is 0. The number of carbonyl (C=O) groups is 2. The smallest absolute Gasteiger partial charge is 0.308 e. The van der Waals surface area contributed by atoms with Gasteiger partial charge in [-0.3, -0.25) is 14.5 Å². The number of nitrogens with two attached hydrogens (primary N) is 1. The number of ether oxygens (including phenoxy) is 2. The molecule has 3 N–H and O–H groups in total. The Morgan fingerprint density at radius 3 is 2.76 bits per heavy atom. The first-order valence-electron chi connectivity index (χ1n) is 15.4. The Morgan fingerprint density at radius 1 is 1.12 bits per heavy atom. The Kier molecular flexibility index (Phi) is 9.96. The van der Waals surface area contributed by atoms with Crippen LogP contribution in [-0.2, 0) is 27.3 Å². The van der Waals surface area contributed by atoms with Gasteiger partial charge in [0.25, 0.3) is 0 Å². The zero-order chi connectivity index (χ0) is 28.8. The van der Waals surface area contributed by atoms with Crippen molar-refractivity contribution < 1.29 is 24.2 Å². The van der Waals surface area contributed by atoms with Crippen LogP contribution in [0.15, 0.2) is 42.5 Å². The molecule has 0 saturated carbocycles. The van der Waals surface area contributed by atoms with Crippen molar-refractivity contribution in [2.24, 2.45) is 11.7 Å². The molecular formula is C33H45N3O5. The second kappa shape index (κ2) is 13.8.